The summed E-state index contributed by atoms with van der Waals surface area (Å²) in [6.07, 6.45) is 2.15. The molecular weight excluding hydrogens is 347 g/mol. The number of fused-ring (bicyclic) bond motifs is 1. The van der Waals surface area contributed by atoms with Crippen LogP contribution in [0.4, 0.5) is 4.39 Å². The Morgan fingerprint density at radius 2 is 2.20 bits per heavy atom. The Morgan fingerprint density at radius 1 is 1.40 bits per heavy atom. The number of hydrogen-bond donors (Lipinski definition) is 1. The minimum Gasteiger partial charge on any atom is -0.338 e. The zero-order valence-electron chi connectivity index (χ0n) is 10.9. The Kier molecular flexibility index (Phi) is 5.04. The average Bonchev–Trinajstić information content (AvgIpc) is 2.85. The molecule has 2 fully saturated rings. The number of rotatable bonds is 1. The van der Waals surface area contributed by atoms with E-state index in [-0.39, 0.29) is 24.1 Å². The number of benzene rings is 1. The maximum absolute atomic E-state index is 13.1. The molecule has 2 saturated heterocycles. The van der Waals surface area contributed by atoms with E-state index in [1.165, 1.54) is 12.1 Å². The Labute approximate surface area is 132 Å². The van der Waals surface area contributed by atoms with Gasteiger partial charge in [-0.2, -0.15) is 0 Å². The standard InChI is InChI=1S/C14H16BrFN2O.ClH/c15-12-7-10(16)1-2-11(12)14(19)18-6-4-13-9(8-18)3-5-17-13;/h1-2,7,9,13,17H,3-6,8H2;1H. The first-order chi connectivity index (χ1) is 9.15. The molecule has 1 aromatic carbocycles. The lowest BCUT2D eigenvalue weighted by Gasteiger charge is -2.35. The zero-order valence-corrected chi connectivity index (χ0v) is 13.3. The molecule has 1 aromatic rings. The lowest BCUT2D eigenvalue weighted by Crippen LogP contribution is -2.46. The largest absolute Gasteiger partial charge is 0.338 e. The van der Waals surface area contributed by atoms with Gasteiger partial charge in [0, 0.05) is 23.6 Å². The van der Waals surface area contributed by atoms with Crippen molar-refractivity contribution in [2.75, 3.05) is 19.6 Å². The molecule has 0 saturated carbocycles. The van der Waals surface area contributed by atoms with E-state index in [9.17, 15) is 9.18 Å². The lowest BCUT2D eigenvalue weighted by atomic mass is 9.93. The first-order valence-electron chi connectivity index (χ1n) is 6.63. The maximum atomic E-state index is 13.1. The quantitative estimate of drug-likeness (QED) is 0.832. The molecule has 0 aliphatic carbocycles. The number of piperidine rings is 1. The highest BCUT2D eigenvalue weighted by atomic mass is 79.9. The van der Waals surface area contributed by atoms with E-state index >= 15 is 0 Å². The fraction of sp³-hybridized carbons (Fsp3) is 0.500. The van der Waals surface area contributed by atoms with Crippen molar-refractivity contribution < 1.29 is 9.18 Å². The van der Waals surface area contributed by atoms with E-state index in [0.29, 0.717) is 22.0 Å². The van der Waals surface area contributed by atoms with Crippen LogP contribution in [0.25, 0.3) is 0 Å². The highest BCUT2D eigenvalue weighted by Gasteiger charge is 2.34. The summed E-state index contributed by atoms with van der Waals surface area (Å²) in [4.78, 5) is 14.4. The van der Waals surface area contributed by atoms with Crippen LogP contribution >= 0.6 is 28.3 Å². The smallest absolute Gasteiger partial charge is 0.255 e. The number of likely N-dealkylation sites (tertiary alicyclic amines) is 1. The second kappa shape index (κ2) is 6.41. The van der Waals surface area contributed by atoms with Crippen LogP contribution < -0.4 is 5.32 Å². The summed E-state index contributed by atoms with van der Waals surface area (Å²) in [5.74, 6) is 0.233. The van der Waals surface area contributed by atoms with Crippen molar-refractivity contribution in [3.8, 4) is 0 Å². The molecule has 2 unspecified atom stereocenters. The summed E-state index contributed by atoms with van der Waals surface area (Å²) >= 11 is 3.27. The molecule has 3 rings (SSSR count). The van der Waals surface area contributed by atoms with Crippen molar-refractivity contribution >= 4 is 34.2 Å². The van der Waals surface area contributed by atoms with Crippen molar-refractivity contribution in [3.63, 3.8) is 0 Å². The molecule has 0 aromatic heterocycles. The van der Waals surface area contributed by atoms with Crippen LogP contribution in [0.5, 0.6) is 0 Å². The van der Waals surface area contributed by atoms with Gasteiger partial charge in [-0.25, -0.2) is 4.39 Å². The molecule has 0 spiro atoms. The molecular formula is C14H17BrClFN2O. The minimum atomic E-state index is -0.331. The predicted octanol–water partition coefficient (Wildman–Crippen LogP) is 2.83. The second-order valence-electron chi connectivity index (χ2n) is 5.27. The van der Waals surface area contributed by atoms with Gasteiger partial charge in [0.05, 0.1) is 5.56 Å². The van der Waals surface area contributed by atoms with Crippen LogP contribution in [0, 0.1) is 11.7 Å². The molecule has 0 bridgehead atoms. The van der Waals surface area contributed by atoms with Gasteiger partial charge in [0.15, 0.2) is 0 Å². The van der Waals surface area contributed by atoms with E-state index < -0.39 is 0 Å². The Balaban J connectivity index is 0.00000147. The van der Waals surface area contributed by atoms with Gasteiger partial charge in [0.25, 0.3) is 5.91 Å². The molecule has 3 nitrogen and oxygen atoms in total. The van der Waals surface area contributed by atoms with Crippen LogP contribution in [-0.4, -0.2) is 36.5 Å². The molecule has 0 radical (unpaired) electrons. The summed E-state index contributed by atoms with van der Waals surface area (Å²) in [6.45, 7) is 2.63. The van der Waals surface area contributed by atoms with Gasteiger partial charge >= 0.3 is 0 Å². The molecule has 110 valence electrons. The van der Waals surface area contributed by atoms with Gasteiger partial charge in [-0.05, 0) is 59.4 Å². The molecule has 1 N–H and O–H groups in total. The second-order valence-corrected chi connectivity index (χ2v) is 6.13. The SMILES string of the molecule is Cl.O=C(c1ccc(F)cc1Br)N1CCC2NCCC2C1. The number of carbonyl (C=O) groups excluding carboxylic acids is 1. The molecule has 2 heterocycles. The Bertz CT molecular complexity index is 514. The predicted molar refractivity (Wildman–Crippen MR) is 81.8 cm³/mol. The zero-order chi connectivity index (χ0) is 13.4. The van der Waals surface area contributed by atoms with Crippen LogP contribution in [0.15, 0.2) is 22.7 Å². The van der Waals surface area contributed by atoms with Crippen molar-refractivity contribution in [3.05, 3.63) is 34.1 Å². The normalized spacial score (nSPS) is 25.0. The molecule has 20 heavy (non-hydrogen) atoms. The third-order valence-electron chi connectivity index (χ3n) is 4.10. The first kappa shape index (κ1) is 15.7. The van der Waals surface area contributed by atoms with Gasteiger partial charge < -0.3 is 10.2 Å². The van der Waals surface area contributed by atoms with E-state index in [1.54, 1.807) is 6.07 Å². The van der Waals surface area contributed by atoms with Gasteiger partial charge in [-0.15, -0.1) is 12.4 Å². The highest BCUT2D eigenvalue weighted by Crippen LogP contribution is 2.27. The van der Waals surface area contributed by atoms with Crippen molar-refractivity contribution in [1.82, 2.24) is 10.2 Å². The van der Waals surface area contributed by atoms with Gasteiger partial charge in [0.1, 0.15) is 5.82 Å². The summed E-state index contributed by atoms with van der Waals surface area (Å²) in [5.41, 5.74) is 0.547. The fourth-order valence-corrected chi connectivity index (χ4v) is 3.59. The van der Waals surface area contributed by atoms with Gasteiger partial charge in [-0.3, -0.25) is 4.79 Å². The van der Waals surface area contributed by atoms with Crippen LogP contribution in [-0.2, 0) is 0 Å². The monoisotopic (exact) mass is 362 g/mol. The van der Waals surface area contributed by atoms with E-state index in [4.69, 9.17) is 0 Å². The number of carbonyl (C=O) groups is 1. The van der Waals surface area contributed by atoms with Crippen molar-refractivity contribution in [2.45, 2.75) is 18.9 Å². The minimum absolute atomic E-state index is 0. The third kappa shape index (κ3) is 3.00. The average molecular weight is 364 g/mol. The molecule has 2 atom stereocenters. The number of halogens is 3. The molecule has 1 amide bonds. The first-order valence-corrected chi connectivity index (χ1v) is 7.42. The summed E-state index contributed by atoms with van der Waals surface area (Å²) in [6, 6.07) is 4.81. The van der Waals surface area contributed by atoms with Crippen LogP contribution in [0.3, 0.4) is 0 Å². The number of hydrogen-bond acceptors (Lipinski definition) is 2. The van der Waals surface area contributed by atoms with Crippen LogP contribution in [0.1, 0.15) is 23.2 Å². The molecule has 6 heteroatoms. The number of amides is 1. The Hall–Kier alpha value is -0.650. The van der Waals surface area contributed by atoms with Gasteiger partial charge in [0.2, 0.25) is 0 Å². The van der Waals surface area contributed by atoms with Crippen molar-refractivity contribution in [2.24, 2.45) is 5.92 Å². The summed E-state index contributed by atoms with van der Waals surface area (Å²) in [7, 11) is 0. The third-order valence-corrected chi connectivity index (χ3v) is 4.76. The molecule has 2 aliphatic heterocycles. The number of nitrogens with one attached hydrogen (secondary N) is 1. The Morgan fingerprint density at radius 3 is 2.95 bits per heavy atom. The highest BCUT2D eigenvalue weighted by molar-refractivity contribution is 9.10. The molecule has 2 aliphatic rings. The fourth-order valence-electron chi connectivity index (χ4n) is 3.07. The van der Waals surface area contributed by atoms with E-state index in [2.05, 4.69) is 21.2 Å². The van der Waals surface area contributed by atoms with Crippen molar-refractivity contribution in [1.29, 1.82) is 0 Å². The topological polar surface area (TPSA) is 32.3 Å². The number of nitrogens with zero attached hydrogens (tertiary/aromatic N) is 1. The lowest BCUT2D eigenvalue weighted by molar-refractivity contribution is 0.0661. The van der Waals surface area contributed by atoms with E-state index in [0.717, 1.165) is 32.5 Å². The summed E-state index contributed by atoms with van der Waals surface area (Å²) < 4.78 is 13.6. The van der Waals surface area contributed by atoms with Crippen LogP contribution in [0.2, 0.25) is 0 Å². The maximum Gasteiger partial charge on any atom is 0.255 e. The van der Waals surface area contributed by atoms with Gasteiger partial charge in [-0.1, -0.05) is 0 Å². The summed E-state index contributed by atoms with van der Waals surface area (Å²) in [5, 5.41) is 3.48. The van der Waals surface area contributed by atoms with E-state index in [1.807, 2.05) is 4.90 Å².